The van der Waals surface area contributed by atoms with Crippen LogP contribution in [0.25, 0.3) is 16.7 Å². The summed E-state index contributed by atoms with van der Waals surface area (Å²) in [5, 5.41) is 4.33. The third-order valence-corrected chi connectivity index (χ3v) is 2.84. The summed E-state index contributed by atoms with van der Waals surface area (Å²) in [6, 6.07) is 5.65. The number of rotatable bonds is 2. The van der Waals surface area contributed by atoms with E-state index in [0.717, 1.165) is 4.68 Å². The minimum atomic E-state index is -0.441. The number of amides is 1. The topological polar surface area (TPSA) is 81.8 Å². The van der Waals surface area contributed by atoms with Crippen molar-refractivity contribution in [2.24, 2.45) is 0 Å². The van der Waals surface area contributed by atoms with Gasteiger partial charge in [0.1, 0.15) is 17.5 Å². The van der Waals surface area contributed by atoms with Gasteiger partial charge in [0.05, 0.1) is 11.9 Å². The van der Waals surface area contributed by atoms with Crippen LogP contribution < -0.4 is 11.0 Å². The van der Waals surface area contributed by atoms with Gasteiger partial charge in [0, 0.05) is 6.92 Å². The molecule has 0 spiro atoms. The van der Waals surface area contributed by atoms with Crippen molar-refractivity contribution in [2.45, 2.75) is 6.92 Å². The van der Waals surface area contributed by atoms with Crippen molar-refractivity contribution < 1.29 is 9.18 Å². The SMILES string of the molecule is CC(=O)Nn1cnc2c(cnn2-c2ccc(F)cc2)c1=O. The molecule has 2 heterocycles. The first kappa shape index (κ1) is 13.0. The number of nitrogens with zero attached hydrogens (tertiary/aromatic N) is 4. The van der Waals surface area contributed by atoms with E-state index >= 15 is 0 Å². The van der Waals surface area contributed by atoms with Crippen LogP contribution in [0.3, 0.4) is 0 Å². The monoisotopic (exact) mass is 287 g/mol. The highest BCUT2D eigenvalue weighted by molar-refractivity contribution is 5.81. The van der Waals surface area contributed by atoms with Crippen LogP contribution in [0, 0.1) is 5.82 Å². The molecule has 21 heavy (non-hydrogen) atoms. The Kier molecular flexibility index (Phi) is 2.98. The number of hydrogen-bond acceptors (Lipinski definition) is 4. The van der Waals surface area contributed by atoms with Crippen LogP contribution in [0.4, 0.5) is 4.39 Å². The molecule has 0 aliphatic heterocycles. The van der Waals surface area contributed by atoms with Crippen molar-refractivity contribution in [1.82, 2.24) is 19.4 Å². The third-order valence-electron chi connectivity index (χ3n) is 2.84. The fourth-order valence-electron chi connectivity index (χ4n) is 1.93. The molecule has 0 saturated carbocycles. The molecule has 2 aromatic heterocycles. The molecule has 0 atom stereocenters. The van der Waals surface area contributed by atoms with Crippen molar-refractivity contribution in [2.75, 3.05) is 5.43 Å². The lowest BCUT2D eigenvalue weighted by molar-refractivity contribution is -0.115. The Labute approximate surface area is 117 Å². The van der Waals surface area contributed by atoms with Crippen molar-refractivity contribution in [1.29, 1.82) is 0 Å². The van der Waals surface area contributed by atoms with Gasteiger partial charge in [-0.2, -0.15) is 5.10 Å². The average Bonchev–Trinajstić information content (AvgIpc) is 2.87. The molecule has 1 N–H and O–H groups in total. The number of nitrogens with one attached hydrogen (secondary N) is 1. The Morgan fingerprint density at radius 2 is 2.00 bits per heavy atom. The van der Waals surface area contributed by atoms with Crippen molar-refractivity contribution in [3.05, 3.63) is 53.0 Å². The minimum Gasteiger partial charge on any atom is -0.274 e. The van der Waals surface area contributed by atoms with E-state index in [-0.39, 0.29) is 17.1 Å². The second-order valence-electron chi connectivity index (χ2n) is 4.36. The average molecular weight is 287 g/mol. The molecular formula is C13H10FN5O2. The summed E-state index contributed by atoms with van der Waals surface area (Å²) < 4.78 is 15.4. The molecular weight excluding hydrogens is 277 g/mol. The maximum Gasteiger partial charge on any atom is 0.283 e. The predicted octanol–water partition coefficient (Wildman–Crippen LogP) is 0.811. The highest BCUT2D eigenvalue weighted by Gasteiger charge is 2.11. The van der Waals surface area contributed by atoms with E-state index < -0.39 is 5.56 Å². The van der Waals surface area contributed by atoms with Crippen LogP contribution in [-0.4, -0.2) is 25.3 Å². The Morgan fingerprint density at radius 1 is 1.29 bits per heavy atom. The lowest BCUT2D eigenvalue weighted by Gasteiger charge is -2.05. The van der Waals surface area contributed by atoms with Gasteiger partial charge in [-0.05, 0) is 24.3 Å². The van der Waals surface area contributed by atoms with E-state index in [9.17, 15) is 14.0 Å². The van der Waals surface area contributed by atoms with Crippen LogP contribution in [0.5, 0.6) is 0 Å². The van der Waals surface area contributed by atoms with Gasteiger partial charge in [-0.15, -0.1) is 0 Å². The molecule has 7 nitrogen and oxygen atoms in total. The molecule has 3 aromatic rings. The zero-order valence-corrected chi connectivity index (χ0v) is 10.9. The van der Waals surface area contributed by atoms with E-state index in [2.05, 4.69) is 15.5 Å². The second-order valence-corrected chi connectivity index (χ2v) is 4.36. The van der Waals surface area contributed by atoms with E-state index in [0.29, 0.717) is 11.3 Å². The van der Waals surface area contributed by atoms with Gasteiger partial charge in [0.25, 0.3) is 5.56 Å². The fourth-order valence-corrected chi connectivity index (χ4v) is 1.93. The van der Waals surface area contributed by atoms with Gasteiger partial charge in [-0.1, -0.05) is 0 Å². The summed E-state index contributed by atoms with van der Waals surface area (Å²) >= 11 is 0. The van der Waals surface area contributed by atoms with E-state index in [4.69, 9.17) is 0 Å². The maximum absolute atomic E-state index is 12.9. The maximum atomic E-state index is 12.9. The van der Waals surface area contributed by atoms with Crippen molar-refractivity contribution in [3.8, 4) is 5.69 Å². The minimum absolute atomic E-state index is 0.246. The first-order valence-corrected chi connectivity index (χ1v) is 6.05. The van der Waals surface area contributed by atoms with Crippen molar-refractivity contribution in [3.63, 3.8) is 0 Å². The molecule has 1 amide bonds. The van der Waals surface area contributed by atoms with Gasteiger partial charge in [-0.25, -0.2) is 18.7 Å². The van der Waals surface area contributed by atoms with Crippen molar-refractivity contribution >= 4 is 16.9 Å². The summed E-state index contributed by atoms with van der Waals surface area (Å²) in [6.45, 7) is 1.29. The third kappa shape index (κ3) is 2.27. The Hall–Kier alpha value is -3.03. The lowest BCUT2D eigenvalue weighted by Crippen LogP contribution is -2.31. The highest BCUT2D eigenvalue weighted by atomic mass is 19.1. The molecule has 0 aliphatic carbocycles. The molecule has 8 heteroatoms. The molecule has 0 saturated heterocycles. The summed E-state index contributed by atoms with van der Waals surface area (Å²) in [7, 11) is 0. The molecule has 3 rings (SSSR count). The van der Waals surface area contributed by atoms with Crippen LogP contribution in [0.15, 0.2) is 41.6 Å². The molecule has 0 aliphatic rings. The van der Waals surface area contributed by atoms with Gasteiger partial charge >= 0.3 is 0 Å². The summed E-state index contributed by atoms with van der Waals surface area (Å²) in [4.78, 5) is 27.3. The molecule has 0 fully saturated rings. The summed E-state index contributed by atoms with van der Waals surface area (Å²) in [5.41, 5.74) is 2.80. The number of halogens is 1. The second kappa shape index (κ2) is 4.82. The number of benzene rings is 1. The largest absolute Gasteiger partial charge is 0.283 e. The number of fused-ring (bicyclic) bond motifs is 1. The van der Waals surface area contributed by atoms with Crippen LogP contribution in [0.2, 0.25) is 0 Å². The lowest BCUT2D eigenvalue weighted by atomic mass is 10.3. The van der Waals surface area contributed by atoms with Gasteiger partial charge < -0.3 is 0 Å². The number of carbonyl (C=O) groups is 1. The van der Waals surface area contributed by atoms with E-state index in [1.807, 2.05) is 0 Å². The first-order valence-electron chi connectivity index (χ1n) is 6.05. The van der Waals surface area contributed by atoms with E-state index in [1.165, 1.54) is 48.4 Å². The number of aromatic nitrogens is 4. The first-order chi connectivity index (χ1) is 10.1. The zero-order valence-electron chi connectivity index (χ0n) is 10.9. The predicted molar refractivity (Wildman–Crippen MR) is 73.1 cm³/mol. The van der Waals surface area contributed by atoms with Crippen LogP contribution in [-0.2, 0) is 4.79 Å². The molecule has 0 unspecified atom stereocenters. The van der Waals surface area contributed by atoms with Crippen LogP contribution >= 0.6 is 0 Å². The number of carbonyl (C=O) groups excluding carboxylic acids is 1. The Morgan fingerprint density at radius 3 is 2.67 bits per heavy atom. The standard InChI is InChI=1S/C13H10FN5O2/c1-8(20)17-18-7-15-12-11(13(18)21)6-16-19(12)10-4-2-9(14)3-5-10/h2-7H,1H3,(H,17,20). The fraction of sp³-hybridized carbons (Fsp3) is 0.0769. The van der Waals surface area contributed by atoms with E-state index in [1.54, 1.807) is 0 Å². The smallest absolute Gasteiger partial charge is 0.274 e. The molecule has 0 radical (unpaired) electrons. The van der Waals surface area contributed by atoms with Gasteiger partial charge in [-0.3, -0.25) is 15.0 Å². The van der Waals surface area contributed by atoms with Crippen LogP contribution in [0.1, 0.15) is 6.92 Å². The number of hydrogen-bond donors (Lipinski definition) is 1. The quantitative estimate of drug-likeness (QED) is 0.756. The summed E-state index contributed by atoms with van der Waals surface area (Å²) in [6.07, 6.45) is 2.56. The normalized spacial score (nSPS) is 10.8. The van der Waals surface area contributed by atoms with Gasteiger partial charge in [0.2, 0.25) is 5.91 Å². The Bertz CT molecular complexity index is 882. The van der Waals surface area contributed by atoms with Gasteiger partial charge in [0.15, 0.2) is 5.65 Å². The molecule has 106 valence electrons. The molecule has 1 aromatic carbocycles. The molecule has 0 bridgehead atoms. The summed E-state index contributed by atoms with van der Waals surface area (Å²) in [5.74, 6) is -0.750. The zero-order chi connectivity index (χ0) is 15.0. The Balaban J connectivity index is 2.15. The highest BCUT2D eigenvalue weighted by Crippen LogP contribution is 2.13.